The standard InChI is InChI=1S/C22H31N5O2/c1-17-3-5-18(6-4-17)15-23-21(28)26-12-9-22(10-13-26)8-7-19-24-25-20(16-29-2)27(19)14-11-22/h3-6H,7-16H2,1-2H3,(H,23,28). The number of aromatic nitrogens is 3. The summed E-state index contributed by atoms with van der Waals surface area (Å²) < 4.78 is 7.49. The van der Waals surface area contributed by atoms with Crippen molar-refractivity contribution in [2.75, 3.05) is 20.2 Å². The molecule has 2 amide bonds. The van der Waals surface area contributed by atoms with E-state index < -0.39 is 0 Å². The summed E-state index contributed by atoms with van der Waals surface area (Å²) in [4.78, 5) is 14.6. The van der Waals surface area contributed by atoms with Gasteiger partial charge in [0.2, 0.25) is 0 Å². The maximum Gasteiger partial charge on any atom is 0.317 e. The highest BCUT2D eigenvalue weighted by Crippen LogP contribution is 2.41. The molecule has 2 aliphatic rings. The van der Waals surface area contributed by atoms with E-state index in [0.717, 1.165) is 69.0 Å². The summed E-state index contributed by atoms with van der Waals surface area (Å²) in [6.45, 7) is 5.75. The minimum atomic E-state index is 0.0496. The fourth-order valence-corrected chi connectivity index (χ4v) is 4.58. The fraction of sp³-hybridized carbons (Fsp3) is 0.591. The van der Waals surface area contributed by atoms with E-state index in [0.29, 0.717) is 18.6 Å². The number of ether oxygens (including phenoxy) is 1. The normalized spacial score (nSPS) is 18.3. The van der Waals surface area contributed by atoms with Gasteiger partial charge in [0.1, 0.15) is 12.4 Å². The van der Waals surface area contributed by atoms with Gasteiger partial charge in [-0.05, 0) is 43.6 Å². The summed E-state index contributed by atoms with van der Waals surface area (Å²) in [6, 6.07) is 8.35. The lowest BCUT2D eigenvalue weighted by atomic mass is 9.73. The number of carbonyl (C=O) groups excluding carboxylic acids is 1. The van der Waals surface area contributed by atoms with Crippen LogP contribution < -0.4 is 5.32 Å². The molecule has 3 heterocycles. The molecule has 156 valence electrons. The number of nitrogens with zero attached hydrogens (tertiary/aromatic N) is 4. The van der Waals surface area contributed by atoms with E-state index >= 15 is 0 Å². The molecule has 0 atom stereocenters. The van der Waals surface area contributed by atoms with Gasteiger partial charge in [-0.2, -0.15) is 0 Å². The van der Waals surface area contributed by atoms with Crippen molar-refractivity contribution in [1.29, 1.82) is 0 Å². The quantitative estimate of drug-likeness (QED) is 0.861. The molecule has 1 saturated heterocycles. The van der Waals surface area contributed by atoms with Gasteiger partial charge in [0.25, 0.3) is 0 Å². The molecule has 1 N–H and O–H groups in total. The molecule has 0 bridgehead atoms. The molecule has 0 radical (unpaired) electrons. The number of hydrogen-bond acceptors (Lipinski definition) is 4. The zero-order valence-electron chi connectivity index (χ0n) is 17.5. The van der Waals surface area contributed by atoms with Crippen molar-refractivity contribution in [3.05, 3.63) is 47.0 Å². The molecular formula is C22H31N5O2. The number of rotatable bonds is 4. The molecule has 2 aliphatic heterocycles. The average Bonchev–Trinajstić information content (AvgIpc) is 3.04. The molecule has 1 aromatic heterocycles. The number of aryl methyl sites for hydroxylation is 2. The number of carbonyl (C=O) groups is 1. The van der Waals surface area contributed by atoms with Crippen molar-refractivity contribution < 1.29 is 9.53 Å². The third kappa shape index (κ3) is 4.45. The first kappa shape index (κ1) is 19.9. The van der Waals surface area contributed by atoms with Gasteiger partial charge in [-0.1, -0.05) is 29.8 Å². The van der Waals surface area contributed by atoms with Crippen LogP contribution in [0.15, 0.2) is 24.3 Å². The van der Waals surface area contributed by atoms with Crippen molar-refractivity contribution in [2.45, 2.75) is 58.7 Å². The summed E-state index contributed by atoms with van der Waals surface area (Å²) >= 11 is 0. The van der Waals surface area contributed by atoms with Crippen LogP contribution in [0.25, 0.3) is 0 Å². The summed E-state index contributed by atoms with van der Waals surface area (Å²) in [5.41, 5.74) is 2.67. The van der Waals surface area contributed by atoms with Gasteiger partial charge in [-0.3, -0.25) is 0 Å². The zero-order chi connectivity index (χ0) is 20.3. The fourth-order valence-electron chi connectivity index (χ4n) is 4.58. The minimum Gasteiger partial charge on any atom is -0.377 e. The Kier molecular flexibility index (Phi) is 5.85. The number of fused-ring (bicyclic) bond motifs is 1. The molecule has 7 heteroatoms. The number of amides is 2. The van der Waals surface area contributed by atoms with Gasteiger partial charge in [0.05, 0.1) is 0 Å². The van der Waals surface area contributed by atoms with Crippen molar-refractivity contribution in [1.82, 2.24) is 25.0 Å². The van der Waals surface area contributed by atoms with Crippen LogP contribution >= 0.6 is 0 Å². The predicted molar refractivity (Wildman–Crippen MR) is 110 cm³/mol. The number of nitrogens with one attached hydrogen (secondary N) is 1. The van der Waals surface area contributed by atoms with E-state index in [1.807, 2.05) is 4.90 Å². The molecule has 4 rings (SSSR count). The summed E-state index contributed by atoms with van der Waals surface area (Å²) in [5, 5.41) is 11.7. The molecule has 1 fully saturated rings. The van der Waals surface area contributed by atoms with Gasteiger partial charge in [-0.15, -0.1) is 10.2 Å². The molecule has 1 spiro atoms. The zero-order valence-corrected chi connectivity index (χ0v) is 17.5. The monoisotopic (exact) mass is 397 g/mol. The third-order valence-electron chi connectivity index (χ3n) is 6.60. The molecule has 7 nitrogen and oxygen atoms in total. The largest absolute Gasteiger partial charge is 0.377 e. The Bertz CT molecular complexity index is 837. The van der Waals surface area contributed by atoms with E-state index in [9.17, 15) is 4.79 Å². The molecular weight excluding hydrogens is 366 g/mol. The van der Waals surface area contributed by atoms with Crippen LogP contribution in [-0.2, 0) is 30.9 Å². The second-order valence-electron chi connectivity index (χ2n) is 8.50. The predicted octanol–water partition coefficient (Wildman–Crippen LogP) is 3.06. The van der Waals surface area contributed by atoms with Crippen LogP contribution in [0.1, 0.15) is 48.5 Å². The lowest BCUT2D eigenvalue weighted by Gasteiger charge is -2.41. The Labute approximate surface area is 172 Å². The second kappa shape index (κ2) is 8.53. The Morgan fingerprint density at radius 2 is 1.83 bits per heavy atom. The highest BCUT2D eigenvalue weighted by molar-refractivity contribution is 5.74. The minimum absolute atomic E-state index is 0.0496. The van der Waals surface area contributed by atoms with Gasteiger partial charge in [-0.25, -0.2) is 4.79 Å². The Morgan fingerprint density at radius 1 is 1.10 bits per heavy atom. The summed E-state index contributed by atoms with van der Waals surface area (Å²) in [6.07, 6.45) is 5.31. The Morgan fingerprint density at radius 3 is 2.55 bits per heavy atom. The van der Waals surface area contributed by atoms with E-state index in [2.05, 4.69) is 51.3 Å². The second-order valence-corrected chi connectivity index (χ2v) is 8.50. The van der Waals surface area contributed by atoms with Crippen LogP contribution in [0.3, 0.4) is 0 Å². The summed E-state index contributed by atoms with van der Waals surface area (Å²) in [7, 11) is 1.69. The van der Waals surface area contributed by atoms with E-state index in [-0.39, 0.29) is 6.03 Å². The number of hydrogen-bond donors (Lipinski definition) is 1. The van der Waals surface area contributed by atoms with Crippen molar-refractivity contribution in [3.63, 3.8) is 0 Å². The van der Waals surface area contributed by atoms with Crippen LogP contribution in [0.2, 0.25) is 0 Å². The molecule has 0 aliphatic carbocycles. The highest BCUT2D eigenvalue weighted by Gasteiger charge is 2.37. The smallest absolute Gasteiger partial charge is 0.317 e. The lowest BCUT2D eigenvalue weighted by molar-refractivity contribution is 0.0996. The number of urea groups is 1. The number of likely N-dealkylation sites (tertiary alicyclic amines) is 1. The third-order valence-corrected chi connectivity index (χ3v) is 6.60. The maximum absolute atomic E-state index is 12.6. The van der Waals surface area contributed by atoms with Crippen molar-refractivity contribution >= 4 is 6.03 Å². The number of piperidine rings is 1. The van der Waals surface area contributed by atoms with Crippen LogP contribution in [0.4, 0.5) is 4.79 Å². The van der Waals surface area contributed by atoms with Crippen LogP contribution in [0, 0.1) is 12.3 Å². The summed E-state index contributed by atoms with van der Waals surface area (Å²) in [5.74, 6) is 2.00. The first-order chi connectivity index (χ1) is 14.1. The van der Waals surface area contributed by atoms with Gasteiger partial charge >= 0.3 is 6.03 Å². The first-order valence-electron chi connectivity index (χ1n) is 10.6. The molecule has 2 aromatic rings. The van der Waals surface area contributed by atoms with E-state index in [1.165, 1.54) is 5.56 Å². The highest BCUT2D eigenvalue weighted by atomic mass is 16.5. The van der Waals surface area contributed by atoms with Crippen LogP contribution in [-0.4, -0.2) is 45.9 Å². The topological polar surface area (TPSA) is 72.3 Å². The van der Waals surface area contributed by atoms with Gasteiger partial charge in [0, 0.05) is 39.7 Å². The number of methoxy groups -OCH3 is 1. The van der Waals surface area contributed by atoms with E-state index in [4.69, 9.17) is 4.74 Å². The van der Waals surface area contributed by atoms with Gasteiger partial charge < -0.3 is 19.5 Å². The first-order valence-corrected chi connectivity index (χ1v) is 10.6. The molecule has 1 aromatic carbocycles. The number of benzene rings is 1. The Balaban J connectivity index is 1.29. The van der Waals surface area contributed by atoms with Crippen LogP contribution in [0.5, 0.6) is 0 Å². The average molecular weight is 398 g/mol. The SMILES string of the molecule is COCc1nnc2n1CCC1(CC2)CCN(C(=O)NCc2ccc(C)cc2)CC1. The maximum atomic E-state index is 12.6. The lowest BCUT2D eigenvalue weighted by Crippen LogP contribution is -2.47. The molecule has 29 heavy (non-hydrogen) atoms. The molecule has 0 unspecified atom stereocenters. The van der Waals surface area contributed by atoms with Gasteiger partial charge in [0.15, 0.2) is 5.82 Å². The Hall–Kier alpha value is -2.41. The van der Waals surface area contributed by atoms with Crippen molar-refractivity contribution in [3.8, 4) is 0 Å². The van der Waals surface area contributed by atoms with E-state index in [1.54, 1.807) is 7.11 Å². The molecule has 0 saturated carbocycles. The van der Waals surface area contributed by atoms with Crippen molar-refractivity contribution in [2.24, 2.45) is 5.41 Å².